The van der Waals surface area contributed by atoms with E-state index in [0.717, 1.165) is 5.56 Å². The molecule has 2 rings (SSSR count). The molecule has 110 valence electrons. The fraction of sp³-hybridized carbons (Fsp3) is 0.0714. The molecule has 0 saturated heterocycles. The molecule has 0 amide bonds. The normalized spacial score (nSPS) is 11.8. The second kappa shape index (κ2) is 6.24. The van der Waals surface area contributed by atoms with Crippen LogP contribution in [-0.2, 0) is 10.0 Å². The zero-order chi connectivity index (χ0) is 15.5. The average Bonchev–Trinajstić information content (AvgIpc) is 2.43. The van der Waals surface area contributed by atoms with E-state index in [1.165, 1.54) is 36.5 Å². The quantitative estimate of drug-likeness (QED) is 0.693. The third-order valence-corrected chi connectivity index (χ3v) is 4.19. The van der Waals surface area contributed by atoms with Crippen LogP contribution in [0.15, 0.2) is 52.5 Å². The maximum atomic E-state index is 13.0. The molecule has 0 unspecified atom stereocenters. The highest BCUT2D eigenvalue weighted by Gasteiger charge is 2.11. The highest BCUT2D eigenvalue weighted by atomic mass is 35.5. The summed E-state index contributed by atoms with van der Waals surface area (Å²) in [7, 11) is -3.72. The first-order valence-electron chi connectivity index (χ1n) is 5.95. The molecular weight excluding hydrogens is 315 g/mol. The van der Waals surface area contributed by atoms with Crippen LogP contribution >= 0.6 is 11.6 Å². The summed E-state index contributed by atoms with van der Waals surface area (Å²) in [5, 5.41) is 3.58. The summed E-state index contributed by atoms with van der Waals surface area (Å²) in [5.41, 5.74) is 1.44. The Bertz CT molecular complexity index is 774. The highest BCUT2D eigenvalue weighted by molar-refractivity contribution is 7.89. The molecule has 21 heavy (non-hydrogen) atoms. The van der Waals surface area contributed by atoms with Crippen LogP contribution in [0.25, 0.3) is 0 Å². The van der Waals surface area contributed by atoms with Gasteiger partial charge in [0.25, 0.3) is 10.0 Å². The van der Waals surface area contributed by atoms with Crippen molar-refractivity contribution in [2.75, 3.05) is 0 Å². The minimum absolute atomic E-state index is 0.0552. The van der Waals surface area contributed by atoms with Crippen LogP contribution in [-0.4, -0.2) is 14.6 Å². The number of hydrazone groups is 1. The van der Waals surface area contributed by atoms with E-state index in [2.05, 4.69) is 9.93 Å². The third kappa shape index (κ3) is 4.03. The van der Waals surface area contributed by atoms with Crippen molar-refractivity contribution in [2.45, 2.75) is 11.8 Å². The standard InChI is InChI=1S/C14H12ClFN2O2S/c1-10-2-5-12(6-3-10)21(19,20)18-17-9-11-4-7-14(16)13(15)8-11/h2-9,18H,1H3/b17-9+. The minimum atomic E-state index is -3.72. The Morgan fingerprint density at radius 3 is 2.48 bits per heavy atom. The third-order valence-electron chi connectivity index (χ3n) is 2.66. The van der Waals surface area contributed by atoms with Gasteiger partial charge in [0, 0.05) is 0 Å². The molecule has 2 aromatic carbocycles. The van der Waals surface area contributed by atoms with Gasteiger partial charge in [-0.1, -0.05) is 35.4 Å². The van der Waals surface area contributed by atoms with Crippen LogP contribution in [0.4, 0.5) is 4.39 Å². The molecule has 2 aromatic rings. The van der Waals surface area contributed by atoms with Crippen molar-refractivity contribution in [1.82, 2.24) is 4.83 Å². The van der Waals surface area contributed by atoms with Gasteiger partial charge in [-0.15, -0.1) is 0 Å². The van der Waals surface area contributed by atoms with Crippen molar-refractivity contribution in [3.05, 3.63) is 64.4 Å². The predicted octanol–water partition coefficient (Wildman–Crippen LogP) is 3.10. The van der Waals surface area contributed by atoms with Gasteiger partial charge in [0.05, 0.1) is 16.1 Å². The summed E-state index contributed by atoms with van der Waals surface area (Å²) in [6.07, 6.45) is 1.25. The number of aryl methyl sites for hydroxylation is 1. The van der Waals surface area contributed by atoms with Crippen LogP contribution < -0.4 is 4.83 Å². The summed E-state index contributed by atoms with van der Waals surface area (Å²) in [6, 6.07) is 10.3. The Morgan fingerprint density at radius 2 is 1.86 bits per heavy atom. The van der Waals surface area contributed by atoms with Crippen molar-refractivity contribution >= 4 is 27.8 Å². The summed E-state index contributed by atoms with van der Waals surface area (Å²) < 4.78 is 36.9. The predicted molar refractivity (Wildman–Crippen MR) is 80.5 cm³/mol. The van der Waals surface area contributed by atoms with Crippen LogP contribution in [0.2, 0.25) is 5.02 Å². The smallest absolute Gasteiger partial charge is 0.205 e. The van der Waals surface area contributed by atoms with Crippen molar-refractivity contribution in [3.8, 4) is 0 Å². The lowest BCUT2D eigenvalue weighted by Gasteiger charge is -2.03. The molecule has 0 aromatic heterocycles. The van der Waals surface area contributed by atoms with E-state index in [0.29, 0.717) is 5.56 Å². The number of nitrogens with one attached hydrogen (secondary N) is 1. The van der Waals surface area contributed by atoms with Gasteiger partial charge in [-0.2, -0.15) is 13.5 Å². The van der Waals surface area contributed by atoms with Crippen molar-refractivity contribution in [1.29, 1.82) is 0 Å². The van der Waals surface area contributed by atoms with Gasteiger partial charge < -0.3 is 0 Å². The lowest BCUT2D eigenvalue weighted by molar-refractivity contribution is 0.584. The maximum Gasteiger partial charge on any atom is 0.276 e. The van der Waals surface area contributed by atoms with E-state index in [9.17, 15) is 12.8 Å². The molecule has 0 aliphatic heterocycles. The van der Waals surface area contributed by atoms with Gasteiger partial charge in [0.15, 0.2) is 0 Å². The number of hydrogen-bond donors (Lipinski definition) is 1. The van der Waals surface area contributed by atoms with Gasteiger partial charge in [-0.3, -0.25) is 0 Å². The largest absolute Gasteiger partial charge is 0.276 e. The first-order valence-corrected chi connectivity index (χ1v) is 7.81. The van der Waals surface area contributed by atoms with E-state index < -0.39 is 15.8 Å². The zero-order valence-electron chi connectivity index (χ0n) is 11.0. The minimum Gasteiger partial charge on any atom is -0.205 e. The summed E-state index contributed by atoms with van der Waals surface area (Å²) >= 11 is 5.62. The lowest BCUT2D eigenvalue weighted by atomic mass is 10.2. The molecule has 0 aliphatic rings. The molecule has 7 heteroatoms. The van der Waals surface area contributed by atoms with Crippen LogP contribution in [0.3, 0.4) is 0 Å². The number of hydrogen-bond acceptors (Lipinski definition) is 3. The Morgan fingerprint density at radius 1 is 1.19 bits per heavy atom. The van der Waals surface area contributed by atoms with Gasteiger partial charge >= 0.3 is 0 Å². The van der Waals surface area contributed by atoms with Crippen LogP contribution in [0.1, 0.15) is 11.1 Å². The van der Waals surface area contributed by atoms with Crippen molar-refractivity contribution in [3.63, 3.8) is 0 Å². The lowest BCUT2D eigenvalue weighted by Crippen LogP contribution is -2.18. The molecule has 0 heterocycles. The van der Waals surface area contributed by atoms with Crippen molar-refractivity contribution < 1.29 is 12.8 Å². The van der Waals surface area contributed by atoms with Gasteiger partial charge in [-0.25, -0.2) is 9.22 Å². The molecule has 0 bridgehead atoms. The van der Waals surface area contributed by atoms with Crippen molar-refractivity contribution in [2.24, 2.45) is 5.10 Å². The van der Waals surface area contributed by atoms with Gasteiger partial charge in [0.1, 0.15) is 5.82 Å². The van der Waals surface area contributed by atoms with E-state index >= 15 is 0 Å². The fourth-order valence-corrected chi connectivity index (χ4v) is 2.51. The van der Waals surface area contributed by atoms with Crippen LogP contribution in [0, 0.1) is 12.7 Å². The SMILES string of the molecule is Cc1ccc(S(=O)(=O)N/N=C/c2ccc(F)c(Cl)c2)cc1. The molecule has 0 radical (unpaired) electrons. The van der Waals surface area contributed by atoms with E-state index in [1.54, 1.807) is 12.1 Å². The number of nitrogens with zero attached hydrogens (tertiary/aromatic N) is 1. The number of halogens is 2. The summed E-state index contributed by atoms with van der Waals surface area (Å²) in [4.78, 5) is 2.20. The topological polar surface area (TPSA) is 58.5 Å². The molecule has 0 fully saturated rings. The monoisotopic (exact) mass is 326 g/mol. The Kier molecular flexibility index (Phi) is 4.59. The summed E-state index contributed by atoms with van der Waals surface area (Å²) in [5.74, 6) is -0.547. The molecular formula is C14H12ClFN2O2S. The van der Waals surface area contributed by atoms with E-state index in [-0.39, 0.29) is 9.92 Å². The molecule has 0 aliphatic carbocycles. The Balaban J connectivity index is 2.12. The second-order valence-corrected chi connectivity index (χ2v) is 6.41. The summed E-state index contributed by atoms with van der Waals surface area (Å²) in [6.45, 7) is 1.86. The molecule has 0 saturated carbocycles. The first kappa shape index (κ1) is 15.5. The molecule has 0 spiro atoms. The second-order valence-electron chi connectivity index (χ2n) is 4.34. The number of benzene rings is 2. The molecule has 1 N–H and O–H groups in total. The van der Waals surface area contributed by atoms with E-state index in [4.69, 9.17) is 11.6 Å². The Hall–Kier alpha value is -1.92. The molecule has 0 atom stereocenters. The number of rotatable bonds is 4. The average molecular weight is 327 g/mol. The van der Waals surface area contributed by atoms with Crippen LogP contribution in [0.5, 0.6) is 0 Å². The molecule has 4 nitrogen and oxygen atoms in total. The van der Waals surface area contributed by atoms with E-state index in [1.807, 2.05) is 6.92 Å². The van der Waals surface area contributed by atoms with Gasteiger partial charge in [0.2, 0.25) is 0 Å². The Labute approximate surface area is 127 Å². The fourth-order valence-electron chi connectivity index (χ4n) is 1.53. The highest BCUT2D eigenvalue weighted by Crippen LogP contribution is 2.15. The maximum absolute atomic E-state index is 13.0. The van der Waals surface area contributed by atoms with Gasteiger partial charge in [-0.05, 0) is 36.8 Å². The zero-order valence-corrected chi connectivity index (χ0v) is 12.6. The first-order chi connectivity index (χ1) is 9.88. The number of sulfonamides is 1.